The number of halogens is 2. The van der Waals surface area contributed by atoms with Gasteiger partial charge in [-0.2, -0.15) is 0 Å². The molecule has 2 saturated heterocycles. The second-order valence-electron chi connectivity index (χ2n) is 10.6. The molecule has 2 N–H and O–H groups in total. The molecule has 4 aliphatic rings. The second kappa shape index (κ2) is 9.79. The van der Waals surface area contributed by atoms with Crippen molar-refractivity contribution in [3.05, 3.63) is 0 Å². The lowest BCUT2D eigenvalue weighted by Gasteiger charge is -2.43. The summed E-state index contributed by atoms with van der Waals surface area (Å²) >= 11 is 0. The molecular weight excluding hydrogens is 416 g/mol. The fraction of sp³-hybridized carbons (Fsp3) is 0.913. The van der Waals surface area contributed by atoms with Gasteiger partial charge < -0.3 is 20.4 Å². The maximum Gasteiger partial charge on any atom is 0.319 e. The van der Waals surface area contributed by atoms with E-state index in [9.17, 15) is 18.4 Å². The van der Waals surface area contributed by atoms with Crippen LogP contribution in [0, 0.1) is 11.8 Å². The molecule has 0 aromatic rings. The smallest absolute Gasteiger partial charge is 0.319 e. The standard InChI is InChI=1S/C23H39F2N5O2/c1-14-4-5-19(25)18-13-20(27-21(14)18)22(31)26-16-10-15(24)11-17(12-16)29-6-8-30(9-7-29)23(32)28(2)3/h14-21,27H,4-13H2,1-3H3,(H,26,31). The van der Waals surface area contributed by atoms with Crippen molar-refractivity contribution < 1.29 is 18.4 Å². The average Bonchev–Trinajstić information content (AvgIpc) is 3.23. The summed E-state index contributed by atoms with van der Waals surface area (Å²) in [6.07, 6.45) is 1.70. The molecule has 9 heteroatoms. The zero-order valence-corrected chi connectivity index (χ0v) is 19.6. The van der Waals surface area contributed by atoms with Gasteiger partial charge in [-0.3, -0.25) is 9.69 Å². The summed E-state index contributed by atoms with van der Waals surface area (Å²) in [5, 5.41) is 6.45. The van der Waals surface area contributed by atoms with Gasteiger partial charge in [0.25, 0.3) is 0 Å². The third-order valence-electron chi connectivity index (χ3n) is 8.11. The molecule has 3 amide bonds. The maximum absolute atomic E-state index is 14.6. The molecule has 2 heterocycles. The van der Waals surface area contributed by atoms with Gasteiger partial charge in [0.15, 0.2) is 0 Å². The number of carbonyl (C=O) groups is 2. The monoisotopic (exact) mass is 455 g/mol. The number of piperazine rings is 1. The maximum atomic E-state index is 14.6. The molecule has 0 aromatic carbocycles. The number of fused-ring (bicyclic) bond motifs is 1. The van der Waals surface area contributed by atoms with E-state index in [-0.39, 0.29) is 42.0 Å². The number of rotatable bonds is 3. The van der Waals surface area contributed by atoms with Crippen LogP contribution in [0.1, 0.15) is 45.4 Å². The predicted octanol–water partition coefficient (Wildman–Crippen LogP) is 1.78. The van der Waals surface area contributed by atoms with Gasteiger partial charge in [0, 0.05) is 64.3 Å². The van der Waals surface area contributed by atoms with Crippen molar-refractivity contribution >= 4 is 11.9 Å². The molecule has 4 rings (SSSR count). The molecule has 32 heavy (non-hydrogen) atoms. The highest BCUT2D eigenvalue weighted by molar-refractivity contribution is 5.82. The van der Waals surface area contributed by atoms with Crippen molar-refractivity contribution in [3.63, 3.8) is 0 Å². The Morgan fingerprint density at radius 3 is 2.38 bits per heavy atom. The van der Waals surface area contributed by atoms with E-state index in [1.807, 2.05) is 4.90 Å². The van der Waals surface area contributed by atoms with Crippen molar-refractivity contribution in [1.29, 1.82) is 0 Å². The quantitative estimate of drug-likeness (QED) is 0.681. The lowest BCUT2D eigenvalue weighted by Crippen LogP contribution is -2.57. The Morgan fingerprint density at radius 2 is 1.72 bits per heavy atom. The van der Waals surface area contributed by atoms with Crippen LogP contribution in [0.25, 0.3) is 0 Å². The summed E-state index contributed by atoms with van der Waals surface area (Å²) in [5.41, 5.74) is 0. The van der Waals surface area contributed by atoms with E-state index in [1.165, 1.54) is 0 Å². The second-order valence-corrected chi connectivity index (χ2v) is 10.6. The van der Waals surface area contributed by atoms with Crippen molar-refractivity contribution in [2.75, 3.05) is 40.3 Å². The van der Waals surface area contributed by atoms with Gasteiger partial charge in [-0.05, 0) is 44.4 Å². The van der Waals surface area contributed by atoms with Gasteiger partial charge in [-0.1, -0.05) is 6.92 Å². The molecular formula is C23H39F2N5O2. The number of nitrogens with zero attached hydrogens (tertiary/aromatic N) is 3. The van der Waals surface area contributed by atoms with E-state index < -0.39 is 12.3 Å². The molecule has 0 aromatic heterocycles. The minimum atomic E-state index is -0.949. The van der Waals surface area contributed by atoms with Crippen LogP contribution in [-0.2, 0) is 4.79 Å². The topological polar surface area (TPSA) is 67.9 Å². The van der Waals surface area contributed by atoms with Gasteiger partial charge >= 0.3 is 6.03 Å². The number of hydrogen-bond donors (Lipinski definition) is 2. The molecule has 182 valence electrons. The highest BCUT2D eigenvalue weighted by Crippen LogP contribution is 2.38. The molecule has 2 saturated carbocycles. The minimum absolute atomic E-state index is 0.0104. The first-order valence-corrected chi connectivity index (χ1v) is 12.3. The van der Waals surface area contributed by atoms with Crippen LogP contribution in [0.4, 0.5) is 13.6 Å². The molecule has 0 spiro atoms. The predicted molar refractivity (Wildman–Crippen MR) is 119 cm³/mol. The average molecular weight is 456 g/mol. The van der Waals surface area contributed by atoms with Crippen LogP contribution in [0.3, 0.4) is 0 Å². The first-order chi connectivity index (χ1) is 15.2. The highest BCUT2D eigenvalue weighted by atomic mass is 19.1. The molecule has 7 nitrogen and oxygen atoms in total. The lowest BCUT2D eigenvalue weighted by molar-refractivity contribution is -0.124. The van der Waals surface area contributed by atoms with E-state index in [1.54, 1.807) is 19.0 Å². The third kappa shape index (κ3) is 5.03. The van der Waals surface area contributed by atoms with Crippen LogP contribution in [-0.4, -0.2) is 103 Å². The van der Waals surface area contributed by atoms with Crippen LogP contribution >= 0.6 is 0 Å². The first-order valence-electron chi connectivity index (χ1n) is 12.3. The van der Waals surface area contributed by atoms with Gasteiger partial charge in [0.2, 0.25) is 5.91 Å². The number of amides is 3. The number of carbonyl (C=O) groups excluding carboxylic acids is 2. The third-order valence-corrected chi connectivity index (χ3v) is 8.11. The summed E-state index contributed by atoms with van der Waals surface area (Å²) in [5.74, 6) is 0.166. The van der Waals surface area contributed by atoms with Gasteiger partial charge in [-0.15, -0.1) is 0 Å². The van der Waals surface area contributed by atoms with Crippen LogP contribution in [0.5, 0.6) is 0 Å². The van der Waals surface area contributed by atoms with E-state index >= 15 is 0 Å². The Kier molecular flexibility index (Phi) is 7.24. The number of nitrogens with one attached hydrogen (secondary N) is 2. The minimum Gasteiger partial charge on any atom is -0.352 e. The normalized spacial score (nSPS) is 40.6. The van der Waals surface area contributed by atoms with Crippen LogP contribution < -0.4 is 10.6 Å². The Morgan fingerprint density at radius 1 is 1.00 bits per heavy atom. The van der Waals surface area contributed by atoms with Crippen molar-refractivity contribution in [1.82, 2.24) is 25.3 Å². The number of alkyl halides is 2. The molecule has 2 aliphatic heterocycles. The molecule has 0 radical (unpaired) electrons. The Bertz CT molecular complexity index is 669. The summed E-state index contributed by atoms with van der Waals surface area (Å²) < 4.78 is 29.0. The van der Waals surface area contributed by atoms with E-state index in [0.29, 0.717) is 44.7 Å². The van der Waals surface area contributed by atoms with Gasteiger partial charge in [0.05, 0.1) is 6.04 Å². The summed E-state index contributed by atoms with van der Waals surface area (Å²) in [4.78, 5) is 30.8. The SMILES string of the molecule is CC1CCC(F)C2CC(C(=O)NC3CC(F)CC(N4CCN(C(=O)N(C)C)CC4)C3)NC12. The fourth-order valence-electron chi connectivity index (χ4n) is 6.30. The summed E-state index contributed by atoms with van der Waals surface area (Å²) in [7, 11) is 3.50. The van der Waals surface area contributed by atoms with E-state index in [2.05, 4.69) is 22.5 Å². The van der Waals surface area contributed by atoms with Gasteiger partial charge in [0.1, 0.15) is 12.3 Å². The van der Waals surface area contributed by atoms with E-state index in [0.717, 1.165) is 25.9 Å². The lowest BCUT2D eigenvalue weighted by atomic mass is 9.77. The Labute approximate surface area is 190 Å². The van der Waals surface area contributed by atoms with Crippen LogP contribution in [0.15, 0.2) is 0 Å². The zero-order chi connectivity index (χ0) is 23.0. The Balaban J connectivity index is 1.29. The van der Waals surface area contributed by atoms with Crippen molar-refractivity contribution in [2.45, 2.75) is 82.0 Å². The first kappa shape index (κ1) is 23.7. The molecule has 2 aliphatic carbocycles. The number of hydrogen-bond acceptors (Lipinski definition) is 4. The highest BCUT2D eigenvalue weighted by Gasteiger charge is 2.46. The number of urea groups is 1. The summed E-state index contributed by atoms with van der Waals surface area (Å²) in [6, 6.07) is -0.460. The van der Waals surface area contributed by atoms with Gasteiger partial charge in [-0.25, -0.2) is 13.6 Å². The van der Waals surface area contributed by atoms with Crippen molar-refractivity contribution in [3.8, 4) is 0 Å². The van der Waals surface area contributed by atoms with E-state index in [4.69, 9.17) is 0 Å². The molecule has 8 unspecified atom stereocenters. The molecule has 4 fully saturated rings. The Hall–Kier alpha value is -1.48. The fourth-order valence-corrected chi connectivity index (χ4v) is 6.30. The summed E-state index contributed by atoms with van der Waals surface area (Å²) in [6.45, 7) is 4.85. The van der Waals surface area contributed by atoms with Crippen LogP contribution in [0.2, 0.25) is 0 Å². The molecule has 8 atom stereocenters. The zero-order valence-electron chi connectivity index (χ0n) is 19.6. The largest absolute Gasteiger partial charge is 0.352 e. The van der Waals surface area contributed by atoms with Crippen molar-refractivity contribution in [2.24, 2.45) is 11.8 Å². The molecule has 0 bridgehead atoms.